The molecule has 0 amide bonds. The highest BCUT2D eigenvalue weighted by Gasteiger charge is 2.53. The van der Waals surface area contributed by atoms with Gasteiger partial charge in [0.2, 0.25) is 0 Å². The Kier molecular flexibility index (Phi) is 2.98. The summed E-state index contributed by atoms with van der Waals surface area (Å²) in [7, 11) is 0. The van der Waals surface area contributed by atoms with Crippen LogP contribution in [0.25, 0.3) is 0 Å². The number of rotatable bonds is 3. The Morgan fingerprint density at radius 1 is 1.14 bits per heavy atom. The van der Waals surface area contributed by atoms with Crippen molar-refractivity contribution >= 4 is 5.82 Å². The molecule has 1 aromatic rings. The Bertz CT molecular complexity index is 522. The molecule has 0 radical (unpaired) electrons. The van der Waals surface area contributed by atoms with Crippen LogP contribution < -0.4 is 5.32 Å². The van der Waals surface area contributed by atoms with Gasteiger partial charge in [-0.2, -0.15) is 0 Å². The molecule has 114 valence electrons. The molecule has 0 spiro atoms. The third-order valence-corrected chi connectivity index (χ3v) is 6.17. The van der Waals surface area contributed by atoms with Gasteiger partial charge in [-0.3, -0.25) is 0 Å². The highest BCUT2D eigenvalue weighted by Crippen LogP contribution is 2.61. The Hall–Kier alpha value is -1.19. The molecule has 1 unspecified atom stereocenters. The number of halogens is 2. The fourth-order valence-electron chi connectivity index (χ4n) is 5.59. The molecule has 1 N–H and O–H groups in total. The van der Waals surface area contributed by atoms with Crippen LogP contribution in [0.4, 0.5) is 14.6 Å². The van der Waals surface area contributed by atoms with Crippen LogP contribution in [-0.2, 0) is 0 Å². The molecule has 1 heterocycles. The summed E-state index contributed by atoms with van der Waals surface area (Å²) < 4.78 is 26.8. The first-order valence-corrected chi connectivity index (χ1v) is 8.12. The van der Waals surface area contributed by atoms with Gasteiger partial charge >= 0.3 is 0 Å². The zero-order valence-corrected chi connectivity index (χ0v) is 12.4. The van der Waals surface area contributed by atoms with E-state index in [9.17, 15) is 8.78 Å². The molecule has 4 fully saturated rings. The Balaban J connectivity index is 1.56. The van der Waals surface area contributed by atoms with Crippen LogP contribution in [0.5, 0.6) is 0 Å². The van der Waals surface area contributed by atoms with Gasteiger partial charge in [0.25, 0.3) is 0 Å². The van der Waals surface area contributed by atoms with Crippen molar-refractivity contribution in [3.8, 4) is 0 Å². The maximum absolute atomic E-state index is 13.8. The van der Waals surface area contributed by atoms with Crippen LogP contribution in [0.2, 0.25) is 0 Å². The highest BCUT2D eigenvalue weighted by molar-refractivity contribution is 5.37. The molecular formula is C17H22F2N2. The van der Waals surface area contributed by atoms with Crippen molar-refractivity contribution in [1.82, 2.24) is 4.98 Å². The van der Waals surface area contributed by atoms with Crippen molar-refractivity contribution in [3.05, 3.63) is 23.9 Å². The van der Waals surface area contributed by atoms with E-state index < -0.39 is 11.6 Å². The van der Waals surface area contributed by atoms with Crippen molar-refractivity contribution < 1.29 is 8.78 Å². The minimum absolute atomic E-state index is 0.193. The second-order valence-corrected chi connectivity index (χ2v) is 7.63. The molecule has 21 heavy (non-hydrogen) atoms. The number of hydrogen-bond donors (Lipinski definition) is 1. The van der Waals surface area contributed by atoms with Crippen molar-refractivity contribution in [3.63, 3.8) is 0 Å². The van der Waals surface area contributed by atoms with Crippen molar-refractivity contribution in [1.29, 1.82) is 0 Å². The molecule has 5 rings (SSSR count). The highest BCUT2D eigenvalue weighted by atomic mass is 19.1. The lowest BCUT2D eigenvalue weighted by atomic mass is 9.48. The van der Waals surface area contributed by atoms with Gasteiger partial charge in [-0.05, 0) is 68.6 Å². The average molecular weight is 292 g/mol. The fraction of sp³-hybridized carbons (Fsp3) is 0.706. The predicted octanol–water partition coefficient (Wildman–Crippen LogP) is 4.38. The Labute approximate surface area is 124 Å². The summed E-state index contributed by atoms with van der Waals surface area (Å²) in [6.45, 7) is 2.15. The number of nitrogens with zero attached hydrogens (tertiary/aromatic N) is 1. The van der Waals surface area contributed by atoms with Crippen LogP contribution >= 0.6 is 0 Å². The zero-order valence-electron chi connectivity index (χ0n) is 12.4. The third-order valence-electron chi connectivity index (χ3n) is 6.17. The van der Waals surface area contributed by atoms with Gasteiger partial charge in [0.15, 0.2) is 11.6 Å². The van der Waals surface area contributed by atoms with Crippen LogP contribution in [0.3, 0.4) is 0 Å². The lowest BCUT2D eigenvalue weighted by molar-refractivity contribution is -0.0603. The smallest absolute Gasteiger partial charge is 0.168 e. The van der Waals surface area contributed by atoms with E-state index in [0.29, 0.717) is 0 Å². The summed E-state index contributed by atoms with van der Waals surface area (Å²) >= 11 is 0. The molecule has 4 saturated carbocycles. The van der Waals surface area contributed by atoms with Crippen LogP contribution in [-0.4, -0.2) is 11.0 Å². The van der Waals surface area contributed by atoms with Crippen LogP contribution in [0.15, 0.2) is 12.3 Å². The maximum atomic E-state index is 13.8. The summed E-state index contributed by atoms with van der Waals surface area (Å²) in [6.07, 6.45) is 9.05. The lowest BCUT2D eigenvalue weighted by Gasteiger charge is -2.59. The summed E-state index contributed by atoms with van der Waals surface area (Å²) in [5.41, 5.74) is 0.289. The first-order valence-electron chi connectivity index (χ1n) is 8.12. The summed E-state index contributed by atoms with van der Waals surface area (Å²) in [5, 5.41) is 3.24. The van der Waals surface area contributed by atoms with Crippen molar-refractivity contribution in [2.45, 2.75) is 51.5 Å². The van der Waals surface area contributed by atoms with Gasteiger partial charge < -0.3 is 5.32 Å². The van der Waals surface area contributed by atoms with Gasteiger partial charge in [0.05, 0.1) is 6.20 Å². The molecule has 0 saturated heterocycles. The first-order chi connectivity index (χ1) is 10.0. The second kappa shape index (κ2) is 4.65. The summed E-state index contributed by atoms with van der Waals surface area (Å²) in [6, 6.07) is 1.10. The second-order valence-electron chi connectivity index (χ2n) is 7.63. The van der Waals surface area contributed by atoms with E-state index in [1.165, 1.54) is 38.5 Å². The van der Waals surface area contributed by atoms with E-state index in [2.05, 4.69) is 17.2 Å². The topological polar surface area (TPSA) is 24.9 Å². The summed E-state index contributed by atoms with van der Waals surface area (Å²) in [4.78, 5) is 3.88. The number of anilines is 1. The van der Waals surface area contributed by atoms with Crippen LogP contribution in [0.1, 0.15) is 45.4 Å². The Morgan fingerprint density at radius 2 is 1.71 bits per heavy atom. The fourth-order valence-corrected chi connectivity index (χ4v) is 5.59. The normalized spacial score (nSPS) is 38.5. The lowest BCUT2D eigenvalue weighted by Crippen LogP contribution is -2.53. The SMILES string of the molecule is CC(Nc1ncc(F)cc1F)C12CC3CC(CC(C3)C1)C2. The molecule has 4 bridgehead atoms. The van der Waals surface area contributed by atoms with Crippen LogP contribution in [0, 0.1) is 34.8 Å². The maximum Gasteiger partial charge on any atom is 0.168 e. The molecule has 0 aliphatic heterocycles. The number of hydrogen-bond acceptors (Lipinski definition) is 2. The molecule has 0 aromatic carbocycles. The van der Waals surface area contributed by atoms with E-state index in [4.69, 9.17) is 0 Å². The quantitative estimate of drug-likeness (QED) is 0.894. The van der Waals surface area contributed by atoms with E-state index in [1.54, 1.807) is 0 Å². The summed E-state index contributed by atoms with van der Waals surface area (Å²) in [5.74, 6) is 1.58. The molecule has 1 aromatic heterocycles. The largest absolute Gasteiger partial charge is 0.365 e. The molecule has 2 nitrogen and oxygen atoms in total. The molecule has 4 heteroatoms. The van der Waals surface area contributed by atoms with Gasteiger partial charge in [0, 0.05) is 12.1 Å². The number of aromatic nitrogens is 1. The van der Waals surface area contributed by atoms with Crippen molar-refractivity contribution in [2.75, 3.05) is 5.32 Å². The molecule has 4 aliphatic carbocycles. The zero-order chi connectivity index (χ0) is 14.6. The standard InChI is InChI=1S/C17H22F2N2/c1-10(21-16-15(19)5-14(18)9-20-16)17-6-11-2-12(7-17)4-13(3-11)8-17/h5,9-13H,2-4,6-8H2,1H3,(H,20,21). The molecule has 4 aliphatic rings. The van der Waals surface area contributed by atoms with Gasteiger partial charge in [-0.1, -0.05) is 0 Å². The average Bonchev–Trinajstić information content (AvgIpc) is 2.40. The van der Waals surface area contributed by atoms with E-state index in [-0.39, 0.29) is 17.3 Å². The number of pyridine rings is 1. The van der Waals surface area contributed by atoms with Gasteiger partial charge in [-0.25, -0.2) is 13.8 Å². The predicted molar refractivity (Wildman–Crippen MR) is 77.8 cm³/mol. The van der Waals surface area contributed by atoms with E-state index >= 15 is 0 Å². The first kappa shape index (κ1) is 13.5. The van der Waals surface area contributed by atoms with Gasteiger partial charge in [0.1, 0.15) is 5.82 Å². The monoisotopic (exact) mass is 292 g/mol. The minimum atomic E-state index is -0.625. The van der Waals surface area contributed by atoms with Crippen molar-refractivity contribution in [2.24, 2.45) is 23.2 Å². The molecular weight excluding hydrogens is 270 g/mol. The van der Waals surface area contributed by atoms with Gasteiger partial charge in [-0.15, -0.1) is 0 Å². The number of nitrogens with one attached hydrogen (secondary N) is 1. The van der Waals surface area contributed by atoms with E-state index in [1.807, 2.05) is 0 Å². The Morgan fingerprint density at radius 3 is 2.24 bits per heavy atom. The minimum Gasteiger partial charge on any atom is -0.365 e. The molecule has 1 atom stereocenters. The van der Waals surface area contributed by atoms with E-state index in [0.717, 1.165) is 30.0 Å². The third kappa shape index (κ3) is 2.23.